The second-order valence-electron chi connectivity index (χ2n) is 15.2. The smallest absolute Gasteiger partial charge is 0.0594 e. The van der Waals surface area contributed by atoms with Crippen LogP contribution >= 0.6 is 0 Å². The highest BCUT2D eigenvalue weighted by Crippen LogP contribution is 2.13. The first-order chi connectivity index (χ1) is 22.5. The lowest BCUT2D eigenvalue weighted by molar-refractivity contribution is 0.0503. The van der Waals surface area contributed by atoms with Crippen LogP contribution in [0.2, 0.25) is 0 Å². The zero-order valence-corrected chi connectivity index (χ0v) is 33.3. The molecule has 0 aliphatic carbocycles. The van der Waals surface area contributed by atoms with Crippen molar-refractivity contribution in [3.8, 4) is 0 Å². The van der Waals surface area contributed by atoms with Gasteiger partial charge in [0.1, 0.15) is 0 Å². The van der Waals surface area contributed by atoms with Gasteiger partial charge >= 0.3 is 0 Å². The second-order valence-corrected chi connectivity index (χ2v) is 15.2. The maximum Gasteiger partial charge on any atom is 0.0594 e. The Hall–Kier alpha value is -0.400. The van der Waals surface area contributed by atoms with E-state index in [4.69, 9.17) is 4.74 Å². The van der Waals surface area contributed by atoms with E-state index in [0.717, 1.165) is 38.8 Å². The predicted octanol–water partition coefficient (Wildman–Crippen LogP) is 2.43. The summed E-state index contributed by atoms with van der Waals surface area (Å²) in [5.41, 5.74) is 0. The average Bonchev–Trinajstić information content (AvgIpc) is 3.06. The number of rotatable bonds is 1. The van der Waals surface area contributed by atoms with Crippen molar-refractivity contribution in [2.24, 2.45) is 5.92 Å². The summed E-state index contributed by atoms with van der Waals surface area (Å²) >= 11 is 0. The maximum absolute atomic E-state index is 5.10. The Morgan fingerprint density at radius 2 is 0.915 bits per heavy atom. The quantitative estimate of drug-likeness (QED) is 0.451. The number of nitrogens with zero attached hydrogens (tertiary/aromatic N) is 8. The first-order valence-corrected chi connectivity index (χ1v) is 19.3. The number of morpholine rings is 1. The fourth-order valence-electron chi connectivity index (χ4n) is 6.04. The molecule has 1 unspecified atom stereocenters. The molecule has 0 aromatic rings. The lowest BCUT2D eigenvalue weighted by Crippen LogP contribution is -2.47. The molecule has 10 nitrogen and oxygen atoms in total. The SMILES string of the molecule is CC1CCN(C)CC1.CC1CN(C)CCN1.CCN1CCN(C)CC1.CN1CCCCC1.CN1CCN(C)CC1.CN1CCOCC1. The summed E-state index contributed by atoms with van der Waals surface area (Å²) in [5, 5.41) is 3.37. The third-order valence-corrected chi connectivity index (χ3v) is 10.2. The van der Waals surface area contributed by atoms with Crippen LogP contribution < -0.4 is 5.32 Å². The highest BCUT2D eigenvalue weighted by atomic mass is 16.5. The van der Waals surface area contributed by atoms with Crippen molar-refractivity contribution in [1.82, 2.24) is 44.5 Å². The molecule has 6 rings (SSSR count). The number of likely N-dealkylation sites (N-methyl/N-ethyl adjacent to an activating group) is 6. The fourth-order valence-corrected chi connectivity index (χ4v) is 6.04. The third-order valence-electron chi connectivity index (χ3n) is 10.2. The lowest BCUT2D eigenvalue weighted by atomic mass is 10.00. The summed E-state index contributed by atoms with van der Waals surface area (Å²) in [6, 6.07) is 0.689. The standard InChI is InChI=1S/C7H16N2.C7H15N.2C6H14N2.C6H13N.C5H11NO/c1-3-9-6-4-8(2)5-7-9;2*1-7-3-5-8(2)6-4-7;1-6-5-8(2)4-3-7-6;1-7-5-3-2-4-6-7;1-6-2-4-7-5-3-6/h3-7H2,1-2H3;7H,3-6H2,1-2H3;3-6H2,1-2H3;6-7H,3-5H2,1-2H3;2-6H2,1H3;2-5H2,1H3. The van der Waals surface area contributed by atoms with Crippen molar-refractivity contribution in [3.63, 3.8) is 0 Å². The molecule has 0 bridgehead atoms. The normalized spacial score (nSPS) is 26.8. The third kappa shape index (κ3) is 26.1. The lowest BCUT2D eigenvalue weighted by Gasteiger charge is -2.31. The summed E-state index contributed by atoms with van der Waals surface area (Å²) in [4.78, 5) is 19.0. The molecule has 6 heterocycles. The Morgan fingerprint density at radius 3 is 1.23 bits per heavy atom. The minimum atomic E-state index is 0.689. The van der Waals surface area contributed by atoms with Crippen molar-refractivity contribution in [2.45, 2.75) is 58.9 Å². The van der Waals surface area contributed by atoms with Crippen LogP contribution in [-0.2, 0) is 4.74 Å². The number of ether oxygens (including phenoxy) is 1. The van der Waals surface area contributed by atoms with Gasteiger partial charge in [0.2, 0.25) is 0 Å². The molecule has 10 heteroatoms. The molecule has 6 aliphatic rings. The Labute approximate surface area is 294 Å². The Balaban J connectivity index is 0.000000283. The highest BCUT2D eigenvalue weighted by molar-refractivity contribution is 4.71. The summed E-state index contributed by atoms with van der Waals surface area (Å²) in [6.07, 6.45) is 7.07. The Bertz CT molecular complexity index is 605. The van der Waals surface area contributed by atoms with Gasteiger partial charge in [-0.25, -0.2) is 0 Å². The molecule has 1 N–H and O–H groups in total. The van der Waals surface area contributed by atoms with E-state index >= 15 is 0 Å². The largest absolute Gasteiger partial charge is 0.379 e. The van der Waals surface area contributed by atoms with Gasteiger partial charge < -0.3 is 49.3 Å². The molecule has 0 radical (unpaired) electrons. The zero-order chi connectivity index (χ0) is 34.9. The maximum atomic E-state index is 5.10. The number of hydrogen-bond donors (Lipinski definition) is 1. The van der Waals surface area contributed by atoms with Crippen LogP contribution in [0.5, 0.6) is 0 Å². The summed E-state index contributed by atoms with van der Waals surface area (Å²) in [5.74, 6) is 0.978. The molecular formula is C37H83N9O. The van der Waals surface area contributed by atoms with E-state index in [1.165, 1.54) is 130 Å². The highest BCUT2D eigenvalue weighted by Gasteiger charge is 2.12. The molecule has 6 fully saturated rings. The van der Waals surface area contributed by atoms with Crippen molar-refractivity contribution in [1.29, 1.82) is 0 Å². The van der Waals surface area contributed by atoms with E-state index in [1.807, 2.05) is 0 Å². The molecule has 0 amide bonds. The van der Waals surface area contributed by atoms with Crippen LogP contribution in [0, 0.1) is 5.92 Å². The van der Waals surface area contributed by atoms with Crippen molar-refractivity contribution in [2.75, 3.05) is 180 Å². The number of piperidine rings is 2. The number of nitrogens with one attached hydrogen (secondary N) is 1. The van der Waals surface area contributed by atoms with E-state index in [0.29, 0.717) is 6.04 Å². The summed E-state index contributed by atoms with van der Waals surface area (Å²) in [7, 11) is 15.2. The zero-order valence-electron chi connectivity index (χ0n) is 33.3. The van der Waals surface area contributed by atoms with Gasteiger partial charge in [0.25, 0.3) is 0 Å². The predicted molar refractivity (Wildman–Crippen MR) is 205 cm³/mol. The molecule has 0 spiro atoms. The molecule has 6 saturated heterocycles. The first-order valence-electron chi connectivity index (χ1n) is 19.3. The van der Waals surface area contributed by atoms with Crippen LogP contribution in [0.3, 0.4) is 0 Å². The minimum absolute atomic E-state index is 0.689. The van der Waals surface area contributed by atoms with Gasteiger partial charge in [-0.3, -0.25) is 0 Å². The summed E-state index contributed by atoms with van der Waals surface area (Å²) < 4.78 is 5.10. The van der Waals surface area contributed by atoms with E-state index < -0.39 is 0 Å². The number of hydrogen-bond acceptors (Lipinski definition) is 10. The van der Waals surface area contributed by atoms with Crippen LogP contribution in [0.25, 0.3) is 0 Å². The molecule has 1 atom stereocenters. The average molecular weight is 670 g/mol. The van der Waals surface area contributed by atoms with Crippen molar-refractivity contribution in [3.05, 3.63) is 0 Å². The number of likely N-dealkylation sites (tertiary alicyclic amines) is 2. The van der Waals surface area contributed by atoms with Gasteiger partial charge in [-0.05, 0) is 121 Å². The van der Waals surface area contributed by atoms with Crippen LogP contribution in [0.1, 0.15) is 52.9 Å². The fraction of sp³-hybridized carbons (Fsp3) is 1.00. The Kier molecular flexibility index (Phi) is 26.9. The van der Waals surface area contributed by atoms with E-state index in [1.54, 1.807) is 0 Å². The topological polar surface area (TPSA) is 47.2 Å². The van der Waals surface area contributed by atoms with Gasteiger partial charge in [-0.15, -0.1) is 0 Å². The van der Waals surface area contributed by atoms with Gasteiger partial charge in [0.15, 0.2) is 0 Å². The van der Waals surface area contributed by atoms with Crippen molar-refractivity contribution >= 4 is 0 Å². The van der Waals surface area contributed by atoms with Gasteiger partial charge in [-0.1, -0.05) is 20.3 Å². The van der Waals surface area contributed by atoms with Crippen LogP contribution in [0.4, 0.5) is 0 Å². The van der Waals surface area contributed by atoms with Gasteiger partial charge in [0, 0.05) is 91.1 Å². The number of piperazine rings is 3. The van der Waals surface area contributed by atoms with Gasteiger partial charge in [-0.2, -0.15) is 0 Å². The van der Waals surface area contributed by atoms with E-state index in [9.17, 15) is 0 Å². The molecule has 0 saturated carbocycles. The van der Waals surface area contributed by atoms with Gasteiger partial charge in [0.05, 0.1) is 13.2 Å². The molecule has 6 aliphatic heterocycles. The Morgan fingerprint density at radius 1 is 0.489 bits per heavy atom. The van der Waals surface area contributed by atoms with Crippen LogP contribution in [0.15, 0.2) is 0 Å². The van der Waals surface area contributed by atoms with E-state index in [2.05, 4.69) is 115 Å². The molecule has 0 aromatic heterocycles. The second kappa shape index (κ2) is 28.3. The first kappa shape index (κ1) is 44.6. The molecule has 282 valence electrons. The molecular weight excluding hydrogens is 586 g/mol. The van der Waals surface area contributed by atoms with Crippen LogP contribution in [-0.4, -0.2) is 226 Å². The van der Waals surface area contributed by atoms with Crippen molar-refractivity contribution < 1.29 is 4.74 Å². The molecule has 47 heavy (non-hydrogen) atoms. The minimum Gasteiger partial charge on any atom is -0.379 e. The summed E-state index contributed by atoms with van der Waals surface area (Å²) in [6.45, 7) is 30.8. The van der Waals surface area contributed by atoms with E-state index in [-0.39, 0.29) is 0 Å². The monoisotopic (exact) mass is 670 g/mol. The molecule has 0 aromatic carbocycles.